The van der Waals surface area contributed by atoms with Gasteiger partial charge in [0.1, 0.15) is 17.5 Å². The van der Waals surface area contributed by atoms with Crippen molar-refractivity contribution in [2.75, 3.05) is 44.4 Å². The van der Waals surface area contributed by atoms with Gasteiger partial charge < -0.3 is 20.3 Å². The summed E-state index contributed by atoms with van der Waals surface area (Å²) in [4.78, 5) is 4.53. The molecule has 1 aliphatic heterocycles. The summed E-state index contributed by atoms with van der Waals surface area (Å²) in [5, 5.41) is 0. The van der Waals surface area contributed by atoms with E-state index in [0.717, 1.165) is 36.8 Å². The highest BCUT2D eigenvalue weighted by molar-refractivity contribution is 5.76. The monoisotopic (exact) mass is 297 g/mol. The molecule has 0 aromatic heterocycles. The summed E-state index contributed by atoms with van der Waals surface area (Å²) in [6.45, 7) is 2.73. The van der Waals surface area contributed by atoms with Gasteiger partial charge in [0, 0.05) is 13.1 Å². The minimum atomic E-state index is 0.0395. The number of benzene rings is 2. The molecular weight excluding hydrogens is 274 g/mol. The van der Waals surface area contributed by atoms with Gasteiger partial charge in [-0.3, -0.25) is 0 Å². The van der Waals surface area contributed by atoms with E-state index in [1.54, 1.807) is 0 Å². The van der Waals surface area contributed by atoms with Crippen molar-refractivity contribution in [3.05, 3.63) is 54.1 Å². The van der Waals surface area contributed by atoms with E-state index in [4.69, 9.17) is 10.5 Å². The maximum atomic E-state index is 6.20. The minimum absolute atomic E-state index is 0.0395. The molecule has 2 aromatic carbocycles. The van der Waals surface area contributed by atoms with Gasteiger partial charge in [0.25, 0.3) is 0 Å². The Bertz CT molecular complexity index is 627. The van der Waals surface area contributed by atoms with Crippen molar-refractivity contribution in [2.45, 2.75) is 6.10 Å². The lowest BCUT2D eigenvalue weighted by Gasteiger charge is -2.37. The molecule has 0 fully saturated rings. The molecule has 4 heteroatoms. The first kappa shape index (κ1) is 14.7. The van der Waals surface area contributed by atoms with E-state index in [1.807, 2.05) is 24.3 Å². The Labute approximate surface area is 132 Å². The average Bonchev–Trinajstić information content (AvgIpc) is 2.53. The number of rotatable bonds is 4. The number of likely N-dealkylation sites (N-methyl/N-ethyl adjacent to an activating group) is 1. The Hall–Kier alpha value is -2.20. The fourth-order valence-electron chi connectivity index (χ4n) is 2.82. The van der Waals surface area contributed by atoms with Crippen LogP contribution in [-0.2, 0) is 0 Å². The van der Waals surface area contributed by atoms with Crippen molar-refractivity contribution in [2.24, 2.45) is 0 Å². The molecule has 1 unspecified atom stereocenters. The van der Waals surface area contributed by atoms with Gasteiger partial charge in [0.05, 0.1) is 12.2 Å². The van der Waals surface area contributed by atoms with Crippen LogP contribution >= 0.6 is 0 Å². The fourth-order valence-corrected chi connectivity index (χ4v) is 2.82. The molecule has 2 N–H and O–H groups in total. The molecule has 116 valence electrons. The topological polar surface area (TPSA) is 41.7 Å². The molecule has 1 heterocycles. The first-order valence-electron chi connectivity index (χ1n) is 7.65. The highest BCUT2D eigenvalue weighted by Crippen LogP contribution is 2.41. The van der Waals surface area contributed by atoms with Crippen molar-refractivity contribution >= 4 is 11.4 Å². The molecule has 0 radical (unpaired) electrons. The van der Waals surface area contributed by atoms with Crippen LogP contribution in [-0.4, -0.2) is 38.6 Å². The highest BCUT2D eigenvalue weighted by Gasteiger charge is 2.28. The predicted molar refractivity (Wildman–Crippen MR) is 91.4 cm³/mol. The number of hydrogen-bond donors (Lipinski definition) is 1. The van der Waals surface area contributed by atoms with E-state index in [-0.39, 0.29) is 6.10 Å². The van der Waals surface area contributed by atoms with Crippen LogP contribution in [0.15, 0.2) is 48.5 Å². The third kappa shape index (κ3) is 3.02. The van der Waals surface area contributed by atoms with Crippen molar-refractivity contribution < 1.29 is 4.74 Å². The Morgan fingerprint density at radius 2 is 1.91 bits per heavy atom. The Morgan fingerprint density at radius 1 is 1.14 bits per heavy atom. The fraction of sp³-hybridized carbons (Fsp3) is 0.333. The summed E-state index contributed by atoms with van der Waals surface area (Å²) in [5.41, 5.74) is 9.19. The number of hydrogen-bond acceptors (Lipinski definition) is 4. The molecule has 4 nitrogen and oxygen atoms in total. The van der Waals surface area contributed by atoms with Crippen molar-refractivity contribution in [1.82, 2.24) is 4.90 Å². The van der Waals surface area contributed by atoms with E-state index in [1.165, 1.54) is 5.56 Å². The molecule has 1 atom stereocenters. The number of nitrogens with two attached hydrogens (primary N) is 1. The van der Waals surface area contributed by atoms with Gasteiger partial charge in [0.15, 0.2) is 0 Å². The molecule has 0 bridgehead atoms. The Kier molecular flexibility index (Phi) is 4.20. The zero-order valence-corrected chi connectivity index (χ0v) is 13.2. The van der Waals surface area contributed by atoms with Crippen LogP contribution in [0.1, 0.15) is 11.7 Å². The van der Waals surface area contributed by atoms with Crippen LogP contribution in [0, 0.1) is 0 Å². The Morgan fingerprint density at radius 3 is 2.64 bits per heavy atom. The van der Waals surface area contributed by atoms with E-state index in [0.29, 0.717) is 0 Å². The number of anilines is 2. The van der Waals surface area contributed by atoms with E-state index in [2.05, 4.69) is 48.2 Å². The zero-order chi connectivity index (χ0) is 15.5. The number of fused-ring (bicyclic) bond motifs is 1. The van der Waals surface area contributed by atoms with Gasteiger partial charge in [0.2, 0.25) is 0 Å². The van der Waals surface area contributed by atoms with Gasteiger partial charge >= 0.3 is 0 Å². The SMILES string of the molecule is CN(C)CCN1CC(c2ccccc2)Oc2cccc(N)c21. The molecule has 0 aliphatic carbocycles. The van der Waals surface area contributed by atoms with Crippen LogP contribution in [0.4, 0.5) is 11.4 Å². The summed E-state index contributed by atoms with van der Waals surface area (Å²) < 4.78 is 6.20. The van der Waals surface area contributed by atoms with Crippen LogP contribution in [0.2, 0.25) is 0 Å². The van der Waals surface area contributed by atoms with Gasteiger partial charge in [-0.25, -0.2) is 0 Å². The predicted octanol–water partition coefficient (Wildman–Crippen LogP) is 2.77. The van der Waals surface area contributed by atoms with Crippen molar-refractivity contribution in [1.29, 1.82) is 0 Å². The molecule has 22 heavy (non-hydrogen) atoms. The van der Waals surface area contributed by atoms with Gasteiger partial charge in [-0.15, -0.1) is 0 Å². The quantitative estimate of drug-likeness (QED) is 0.881. The van der Waals surface area contributed by atoms with Crippen LogP contribution in [0.5, 0.6) is 5.75 Å². The smallest absolute Gasteiger partial charge is 0.145 e. The first-order chi connectivity index (χ1) is 10.6. The number of para-hydroxylation sites is 1. The second-order valence-corrected chi connectivity index (χ2v) is 5.96. The van der Waals surface area contributed by atoms with Gasteiger partial charge in [-0.05, 0) is 31.8 Å². The van der Waals surface area contributed by atoms with E-state index >= 15 is 0 Å². The second kappa shape index (κ2) is 6.28. The van der Waals surface area contributed by atoms with E-state index < -0.39 is 0 Å². The largest absolute Gasteiger partial charge is 0.482 e. The van der Waals surface area contributed by atoms with Crippen molar-refractivity contribution in [3.63, 3.8) is 0 Å². The molecule has 0 saturated heterocycles. The number of nitrogens with zero attached hydrogens (tertiary/aromatic N) is 2. The standard InChI is InChI=1S/C18H23N3O/c1-20(2)11-12-21-13-17(14-7-4-3-5-8-14)22-16-10-6-9-15(19)18(16)21/h3-10,17H,11-13,19H2,1-2H3. The van der Waals surface area contributed by atoms with Gasteiger partial charge in [-0.2, -0.15) is 0 Å². The second-order valence-electron chi connectivity index (χ2n) is 5.96. The minimum Gasteiger partial charge on any atom is -0.482 e. The summed E-state index contributed by atoms with van der Waals surface area (Å²) in [5.74, 6) is 0.874. The van der Waals surface area contributed by atoms with Crippen LogP contribution in [0.25, 0.3) is 0 Å². The van der Waals surface area contributed by atoms with Crippen molar-refractivity contribution in [3.8, 4) is 5.75 Å². The molecule has 2 aromatic rings. The summed E-state index contributed by atoms with van der Waals surface area (Å²) >= 11 is 0. The summed E-state index contributed by atoms with van der Waals surface area (Å²) in [6.07, 6.45) is 0.0395. The molecular formula is C18H23N3O. The summed E-state index contributed by atoms with van der Waals surface area (Å²) in [6, 6.07) is 16.3. The maximum Gasteiger partial charge on any atom is 0.145 e. The summed E-state index contributed by atoms with van der Waals surface area (Å²) in [7, 11) is 4.18. The third-order valence-corrected chi connectivity index (χ3v) is 3.99. The molecule has 0 spiro atoms. The van der Waals surface area contributed by atoms with E-state index in [9.17, 15) is 0 Å². The molecule has 1 aliphatic rings. The van der Waals surface area contributed by atoms with Crippen LogP contribution < -0.4 is 15.4 Å². The third-order valence-electron chi connectivity index (χ3n) is 3.99. The first-order valence-corrected chi connectivity index (χ1v) is 7.65. The lowest BCUT2D eigenvalue weighted by Crippen LogP contribution is -2.39. The maximum absolute atomic E-state index is 6.20. The number of nitrogen functional groups attached to an aromatic ring is 1. The normalized spacial score (nSPS) is 17.2. The molecule has 0 amide bonds. The van der Waals surface area contributed by atoms with Gasteiger partial charge in [-0.1, -0.05) is 36.4 Å². The lowest BCUT2D eigenvalue weighted by molar-refractivity contribution is 0.196. The molecule has 0 saturated carbocycles. The molecule has 3 rings (SSSR count). The zero-order valence-electron chi connectivity index (χ0n) is 13.2. The lowest BCUT2D eigenvalue weighted by atomic mass is 10.1. The Balaban J connectivity index is 1.91. The number of ether oxygens (including phenoxy) is 1. The van der Waals surface area contributed by atoms with Crippen LogP contribution in [0.3, 0.4) is 0 Å². The highest BCUT2D eigenvalue weighted by atomic mass is 16.5. The average molecular weight is 297 g/mol.